The van der Waals surface area contributed by atoms with E-state index in [-0.39, 0.29) is 0 Å². The summed E-state index contributed by atoms with van der Waals surface area (Å²) in [7, 11) is 0. The van der Waals surface area contributed by atoms with Gasteiger partial charge in [-0.05, 0) is 80.8 Å². The topological polar surface area (TPSA) is 48.5 Å². The molecular formula is C57H35N5. The lowest BCUT2D eigenvalue weighted by molar-refractivity contribution is 1.07. The molecule has 0 aliphatic heterocycles. The molecule has 13 rings (SSSR count). The Labute approximate surface area is 356 Å². The lowest BCUT2D eigenvalue weighted by atomic mass is 10.0. The van der Waals surface area contributed by atoms with Crippen molar-refractivity contribution < 1.29 is 0 Å². The second-order valence-corrected chi connectivity index (χ2v) is 16.0. The highest BCUT2D eigenvalue weighted by atomic mass is 15.0. The Morgan fingerprint density at radius 1 is 0.274 bits per heavy atom. The Morgan fingerprint density at radius 2 is 0.823 bits per heavy atom. The summed E-state index contributed by atoms with van der Waals surface area (Å²) in [6.07, 6.45) is 0. The van der Waals surface area contributed by atoms with Gasteiger partial charge in [0.2, 0.25) is 0 Å². The van der Waals surface area contributed by atoms with Crippen molar-refractivity contribution >= 4 is 75.9 Å². The van der Waals surface area contributed by atoms with Gasteiger partial charge in [-0.15, -0.1) is 0 Å². The highest BCUT2D eigenvalue weighted by Crippen LogP contribution is 2.43. The van der Waals surface area contributed by atoms with E-state index in [1.54, 1.807) is 0 Å². The quantitative estimate of drug-likeness (QED) is 0.174. The maximum absolute atomic E-state index is 5.22. The number of aromatic nitrogens is 5. The predicted molar refractivity (Wildman–Crippen MR) is 257 cm³/mol. The van der Waals surface area contributed by atoms with Gasteiger partial charge in [-0.3, -0.25) is 0 Å². The molecule has 0 bridgehead atoms. The van der Waals surface area contributed by atoms with Gasteiger partial charge in [0.15, 0.2) is 17.5 Å². The lowest BCUT2D eigenvalue weighted by Crippen LogP contribution is -2.02. The summed E-state index contributed by atoms with van der Waals surface area (Å²) in [4.78, 5) is 15.5. The maximum Gasteiger partial charge on any atom is 0.164 e. The molecule has 0 fully saturated rings. The molecule has 0 radical (unpaired) electrons. The zero-order valence-electron chi connectivity index (χ0n) is 33.4. The molecule has 5 heteroatoms. The average Bonchev–Trinajstić information content (AvgIpc) is 3.85. The van der Waals surface area contributed by atoms with Crippen LogP contribution >= 0.6 is 0 Å². The van der Waals surface area contributed by atoms with Crippen LogP contribution in [0, 0.1) is 0 Å². The molecule has 0 aliphatic carbocycles. The van der Waals surface area contributed by atoms with E-state index in [4.69, 9.17) is 15.0 Å². The summed E-state index contributed by atoms with van der Waals surface area (Å²) < 4.78 is 4.88. The van der Waals surface area contributed by atoms with E-state index in [9.17, 15) is 0 Å². The number of fused-ring (bicyclic) bond motifs is 10. The van der Waals surface area contributed by atoms with Crippen LogP contribution in [0.25, 0.3) is 121 Å². The van der Waals surface area contributed by atoms with Gasteiger partial charge in [0.05, 0.1) is 22.1 Å². The second-order valence-electron chi connectivity index (χ2n) is 16.0. The molecule has 0 N–H and O–H groups in total. The van der Waals surface area contributed by atoms with Crippen molar-refractivity contribution in [3.63, 3.8) is 0 Å². The number of hydrogen-bond donors (Lipinski definition) is 0. The van der Waals surface area contributed by atoms with Gasteiger partial charge in [0.25, 0.3) is 0 Å². The van der Waals surface area contributed by atoms with Crippen LogP contribution < -0.4 is 0 Å². The van der Waals surface area contributed by atoms with E-state index in [0.717, 1.165) is 55.4 Å². The number of nitrogens with zero attached hydrogens (tertiary/aromatic N) is 5. The fourth-order valence-corrected chi connectivity index (χ4v) is 9.66. The van der Waals surface area contributed by atoms with Crippen LogP contribution in [0.1, 0.15) is 0 Å². The Balaban J connectivity index is 1.12. The van der Waals surface area contributed by atoms with Crippen LogP contribution in [0.4, 0.5) is 0 Å². The zero-order valence-corrected chi connectivity index (χ0v) is 33.4. The molecule has 0 unspecified atom stereocenters. The predicted octanol–water partition coefficient (Wildman–Crippen LogP) is 14.5. The number of benzene rings is 10. The third kappa shape index (κ3) is 5.32. The molecule has 5 nitrogen and oxygen atoms in total. The first-order chi connectivity index (χ1) is 30.7. The van der Waals surface area contributed by atoms with Gasteiger partial charge in [0, 0.05) is 49.6 Å². The lowest BCUT2D eigenvalue weighted by Gasteiger charge is -2.15. The summed E-state index contributed by atoms with van der Waals surface area (Å²) in [5.74, 6) is 1.90. The molecule has 0 saturated heterocycles. The van der Waals surface area contributed by atoms with Gasteiger partial charge in [-0.2, -0.15) is 0 Å². The molecule has 10 aromatic carbocycles. The summed E-state index contributed by atoms with van der Waals surface area (Å²) in [6.45, 7) is 0. The molecule has 3 aromatic heterocycles. The normalized spacial score (nSPS) is 11.9. The van der Waals surface area contributed by atoms with Crippen molar-refractivity contribution in [1.29, 1.82) is 0 Å². The molecule has 0 aliphatic rings. The van der Waals surface area contributed by atoms with Crippen molar-refractivity contribution in [3.05, 3.63) is 212 Å². The first-order valence-electron chi connectivity index (χ1n) is 21.0. The maximum atomic E-state index is 5.22. The van der Waals surface area contributed by atoms with Crippen molar-refractivity contribution in [2.75, 3.05) is 0 Å². The summed E-state index contributed by atoms with van der Waals surface area (Å²) in [6, 6.07) is 75.9. The van der Waals surface area contributed by atoms with Crippen molar-refractivity contribution in [1.82, 2.24) is 24.1 Å². The van der Waals surface area contributed by atoms with Crippen molar-refractivity contribution in [3.8, 4) is 45.5 Å². The monoisotopic (exact) mass is 789 g/mol. The van der Waals surface area contributed by atoms with Crippen molar-refractivity contribution in [2.24, 2.45) is 0 Å². The van der Waals surface area contributed by atoms with E-state index in [1.807, 2.05) is 36.4 Å². The van der Waals surface area contributed by atoms with Crippen molar-refractivity contribution in [2.45, 2.75) is 0 Å². The van der Waals surface area contributed by atoms with Gasteiger partial charge in [-0.25, -0.2) is 15.0 Å². The van der Waals surface area contributed by atoms with E-state index in [1.165, 1.54) is 48.6 Å². The molecular weight excluding hydrogens is 755 g/mol. The number of hydrogen-bond acceptors (Lipinski definition) is 3. The fourth-order valence-electron chi connectivity index (χ4n) is 9.66. The third-order valence-electron chi connectivity index (χ3n) is 12.5. The standard InChI is InChI=1S/C57H35N5/c1-3-17-38(18-4-1)55-58-56(39-19-5-2-6-20-39)60-57(59-55)48-33-43(32-41-22-10-11-23-44(41)48)62-50-26-14-13-25-46(50)47-34-49-53(35-52(47)62)61(42-29-27-36-15-7-8-21-40(36)31-42)51-30-28-37-16-9-12-24-45(37)54(49)51/h1-35H. The Bertz CT molecular complexity index is 3860. The molecule has 0 atom stereocenters. The Hall–Kier alpha value is -8.41. The van der Waals surface area contributed by atoms with E-state index in [2.05, 4.69) is 185 Å². The van der Waals surface area contributed by atoms with E-state index >= 15 is 0 Å². The van der Waals surface area contributed by atoms with Crippen LogP contribution in [0.3, 0.4) is 0 Å². The van der Waals surface area contributed by atoms with Gasteiger partial charge in [-0.1, -0.05) is 164 Å². The van der Waals surface area contributed by atoms with Crippen LogP contribution in [0.15, 0.2) is 212 Å². The highest BCUT2D eigenvalue weighted by Gasteiger charge is 2.22. The first-order valence-corrected chi connectivity index (χ1v) is 21.0. The minimum absolute atomic E-state index is 0.627. The third-order valence-corrected chi connectivity index (χ3v) is 12.5. The average molecular weight is 790 g/mol. The number of para-hydroxylation sites is 1. The minimum atomic E-state index is 0.627. The van der Waals surface area contributed by atoms with Crippen LogP contribution in [0.2, 0.25) is 0 Å². The fraction of sp³-hybridized carbons (Fsp3) is 0. The molecule has 0 spiro atoms. The smallest absolute Gasteiger partial charge is 0.164 e. The van der Waals surface area contributed by atoms with E-state index < -0.39 is 0 Å². The van der Waals surface area contributed by atoms with Gasteiger partial charge < -0.3 is 9.13 Å². The Morgan fingerprint density at radius 3 is 1.58 bits per heavy atom. The number of rotatable bonds is 5. The summed E-state index contributed by atoms with van der Waals surface area (Å²) in [5.41, 5.74) is 9.58. The molecule has 0 saturated carbocycles. The van der Waals surface area contributed by atoms with E-state index in [0.29, 0.717) is 17.5 Å². The Kier molecular flexibility index (Phi) is 7.54. The van der Waals surface area contributed by atoms with Gasteiger partial charge >= 0.3 is 0 Å². The summed E-state index contributed by atoms with van der Waals surface area (Å²) >= 11 is 0. The molecule has 62 heavy (non-hydrogen) atoms. The molecule has 288 valence electrons. The van der Waals surface area contributed by atoms with Gasteiger partial charge in [0.1, 0.15) is 0 Å². The van der Waals surface area contributed by atoms with Crippen LogP contribution in [0.5, 0.6) is 0 Å². The summed E-state index contributed by atoms with van der Waals surface area (Å²) in [5, 5.41) is 12.0. The molecule has 3 heterocycles. The largest absolute Gasteiger partial charge is 0.309 e. The molecule has 0 amide bonds. The van der Waals surface area contributed by atoms with Crippen LogP contribution in [-0.4, -0.2) is 24.1 Å². The SMILES string of the molecule is c1ccc(-c2nc(-c3ccccc3)nc(-c3cc(-n4c5ccccc5c5cc6c7c8ccccc8ccc7n(-c7ccc8ccccc8c7)c6cc54)cc4ccccc34)n2)cc1. The minimum Gasteiger partial charge on any atom is -0.309 e. The molecule has 13 aromatic rings. The highest BCUT2D eigenvalue weighted by molar-refractivity contribution is 6.25. The zero-order chi connectivity index (χ0) is 40.7. The second kappa shape index (κ2) is 13.6. The first kappa shape index (κ1) is 34.5. The van der Waals surface area contributed by atoms with Crippen LogP contribution in [-0.2, 0) is 0 Å².